The number of methoxy groups -OCH3 is 1. The third-order valence-electron chi connectivity index (χ3n) is 7.03. The van der Waals surface area contributed by atoms with Crippen LogP contribution >= 0.6 is 0 Å². The van der Waals surface area contributed by atoms with E-state index in [0.29, 0.717) is 12.5 Å². The Labute approximate surface area is 181 Å². The first-order chi connectivity index (χ1) is 14.2. The molecule has 30 heavy (non-hydrogen) atoms. The lowest BCUT2D eigenvalue weighted by Crippen LogP contribution is -2.48. The van der Waals surface area contributed by atoms with Gasteiger partial charge in [0, 0.05) is 26.1 Å². The maximum atomic E-state index is 12.0. The number of amides is 1. The topological polar surface area (TPSA) is 61.8 Å². The molecule has 1 fully saturated rings. The molecule has 1 saturated carbocycles. The van der Waals surface area contributed by atoms with Crippen LogP contribution in [0, 0.1) is 11.8 Å². The van der Waals surface area contributed by atoms with Gasteiger partial charge in [-0.15, -0.1) is 0 Å². The van der Waals surface area contributed by atoms with Gasteiger partial charge in [0.2, 0.25) is 0 Å². The van der Waals surface area contributed by atoms with Gasteiger partial charge in [0.25, 0.3) is 5.91 Å². The van der Waals surface area contributed by atoms with E-state index in [2.05, 4.69) is 53.7 Å². The molecule has 0 spiro atoms. The molecule has 0 heterocycles. The van der Waals surface area contributed by atoms with E-state index >= 15 is 0 Å². The molecule has 0 radical (unpaired) electrons. The number of aliphatic hydroxyl groups is 1. The first kappa shape index (κ1) is 23.0. The average molecular weight is 415 g/mol. The molecule has 0 aromatic heterocycles. The third-order valence-corrected chi connectivity index (χ3v) is 7.03. The highest BCUT2D eigenvalue weighted by atomic mass is 16.5. The van der Waals surface area contributed by atoms with Crippen LogP contribution in [0.1, 0.15) is 51.5 Å². The zero-order valence-electron chi connectivity index (χ0n) is 19.0. The van der Waals surface area contributed by atoms with E-state index in [-0.39, 0.29) is 11.8 Å². The first-order valence-corrected chi connectivity index (χ1v) is 11.3. The fourth-order valence-electron chi connectivity index (χ4n) is 4.79. The Balaban J connectivity index is 1.45. The molecule has 1 aromatic carbocycles. The number of nitrogens with one attached hydrogen (secondary N) is 1. The molecule has 0 saturated heterocycles. The fraction of sp³-hybridized carbons (Fsp3) is 0.640. The summed E-state index contributed by atoms with van der Waals surface area (Å²) in [7, 11) is 3.64. The number of fused-ring (bicyclic) bond motifs is 2. The van der Waals surface area contributed by atoms with Crippen LogP contribution in [0.4, 0.5) is 0 Å². The number of allylic oxidation sites excluding steroid dienone is 1. The van der Waals surface area contributed by atoms with Gasteiger partial charge in [0.05, 0.1) is 5.60 Å². The number of hydrogen-bond acceptors (Lipinski definition) is 4. The van der Waals surface area contributed by atoms with Crippen LogP contribution in [-0.2, 0) is 9.53 Å². The van der Waals surface area contributed by atoms with E-state index in [1.807, 2.05) is 0 Å². The van der Waals surface area contributed by atoms with Crippen molar-refractivity contribution in [3.05, 3.63) is 42.0 Å². The van der Waals surface area contributed by atoms with Crippen LogP contribution in [0.15, 0.2) is 36.4 Å². The maximum absolute atomic E-state index is 12.0. The fourth-order valence-corrected chi connectivity index (χ4v) is 4.79. The molecule has 2 N–H and O–H groups in total. The lowest BCUT2D eigenvalue weighted by Gasteiger charge is -2.48. The zero-order valence-corrected chi connectivity index (χ0v) is 19.0. The highest BCUT2D eigenvalue weighted by Crippen LogP contribution is 2.51. The van der Waals surface area contributed by atoms with Crippen molar-refractivity contribution >= 4 is 11.5 Å². The molecule has 3 unspecified atom stereocenters. The van der Waals surface area contributed by atoms with Crippen molar-refractivity contribution < 1.29 is 14.6 Å². The Morgan fingerprint density at radius 1 is 1.27 bits per heavy atom. The summed E-state index contributed by atoms with van der Waals surface area (Å²) in [6.45, 7) is 5.93. The van der Waals surface area contributed by atoms with E-state index in [9.17, 15) is 9.90 Å². The quantitative estimate of drug-likeness (QED) is 0.576. The molecule has 1 aromatic rings. The predicted octanol–water partition coefficient (Wildman–Crippen LogP) is 3.48. The van der Waals surface area contributed by atoms with Crippen molar-refractivity contribution in [3.63, 3.8) is 0 Å². The number of rotatable bonds is 10. The first-order valence-electron chi connectivity index (χ1n) is 11.3. The Morgan fingerprint density at radius 3 is 2.63 bits per heavy atom. The van der Waals surface area contributed by atoms with Gasteiger partial charge in [-0.05, 0) is 76.6 Å². The number of nitrogens with zero attached hydrogens (tertiary/aromatic N) is 1. The largest absolute Gasteiger partial charge is 0.389 e. The normalized spacial score (nSPS) is 26.0. The standard InChI is InChI=1S/C25H38N2O3/c1-24(2,30-4)23(28)26-14-8-15-27(3)16-13-25(29)18-20-11-12-21(25)17-22(20)19-9-6-5-7-10-19/h5-7,9-10,17,20-21,29H,8,11-16,18H2,1-4H3,(H,26,28). The van der Waals surface area contributed by atoms with Crippen LogP contribution in [-0.4, -0.2) is 60.9 Å². The molecular weight excluding hydrogens is 376 g/mol. The Bertz CT molecular complexity index is 746. The van der Waals surface area contributed by atoms with Crippen molar-refractivity contribution in [1.29, 1.82) is 0 Å². The van der Waals surface area contributed by atoms with Gasteiger partial charge < -0.3 is 20.1 Å². The summed E-state index contributed by atoms with van der Waals surface area (Å²) < 4.78 is 5.20. The van der Waals surface area contributed by atoms with Gasteiger partial charge in [-0.2, -0.15) is 0 Å². The minimum absolute atomic E-state index is 0.0822. The molecule has 5 heteroatoms. The molecule has 1 amide bonds. The number of carbonyl (C=O) groups is 1. The Kier molecular flexibility index (Phi) is 7.38. The van der Waals surface area contributed by atoms with Crippen LogP contribution < -0.4 is 5.32 Å². The molecule has 2 bridgehead atoms. The van der Waals surface area contributed by atoms with Crippen LogP contribution in [0.3, 0.4) is 0 Å². The monoisotopic (exact) mass is 414 g/mol. The van der Waals surface area contributed by atoms with Gasteiger partial charge >= 0.3 is 0 Å². The Hall–Kier alpha value is -1.69. The number of carbonyl (C=O) groups excluding carboxylic acids is 1. The number of ether oxygens (including phenoxy) is 1. The second-order valence-electron chi connectivity index (χ2n) is 9.55. The van der Waals surface area contributed by atoms with E-state index in [1.54, 1.807) is 21.0 Å². The van der Waals surface area contributed by atoms with E-state index in [1.165, 1.54) is 17.6 Å². The molecule has 5 nitrogen and oxygen atoms in total. The highest BCUT2D eigenvalue weighted by Gasteiger charge is 2.46. The Morgan fingerprint density at radius 2 is 2.00 bits per heavy atom. The summed E-state index contributed by atoms with van der Waals surface area (Å²) in [5.74, 6) is 0.634. The summed E-state index contributed by atoms with van der Waals surface area (Å²) in [5, 5.41) is 14.3. The van der Waals surface area contributed by atoms with Crippen molar-refractivity contribution in [2.75, 3.05) is 33.8 Å². The second kappa shape index (κ2) is 9.63. The predicted molar refractivity (Wildman–Crippen MR) is 121 cm³/mol. The van der Waals surface area contributed by atoms with Crippen molar-refractivity contribution in [3.8, 4) is 0 Å². The van der Waals surface area contributed by atoms with Crippen LogP contribution in [0.5, 0.6) is 0 Å². The minimum atomic E-state index is -0.790. The molecule has 0 aliphatic heterocycles. The molecule has 3 aliphatic rings. The SMILES string of the molecule is COC(C)(C)C(=O)NCCCN(C)CCC1(O)CC2CCC1C=C2c1ccccc1. The van der Waals surface area contributed by atoms with E-state index in [4.69, 9.17) is 4.74 Å². The lowest BCUT2D eigenvalue weighted by molar-refractivity contribution is -0.139. The van der Waals surface area contributed by atoms with E-state index < -0.39 is 11.2 Å². The number of benzene rings is 1. The van der Waals surface area contributed by atoms with Gasteiger partial charge in [0.15, 0.2) is 0 Å². The second-order valence-corrected chi connectivity index (χ2v) is 9.55. The summed E-state index contributed by atoms with van der Waals surface area (Å²) in [6, 6.07) is 10.6. The molecule has 4 rings (SSSR count). The zero-order chi connectivity index (χ0) is 21.8. The van der Waals surface area contributed by atoms with Gasteiger partial charge in [-0.25, -0.2) is 0 Å². The maximum Gasteiger partial charge on any atom is 0.251 e. The van der Waals surface area contributed by atoms with Crippen LogP contribution in [0.25, 0.3) is 5.57 Å². The van der Waals surface area contributed by atoms with Crippen molar-refractivity contribution in [2.45, 2.75) is 57.2 Å². The smallest absolute Gasteiger partial charge is 0.251 e. The summed E-state index contributed by atoms with van der Waals surface area (Å²) in [6.07, 6.45) is 7.16. The third kappa shape index (κ3) is 5.32. The summed E-state index contributed by atoms with van der Waals surface area (Å²) in [4.78, 5) is 14.3. The van der Waals surface area contributed by atoms with Crippen molar-refractivity contribution in [2.24, 2.45) is 11.8 Å². The van der Waals surface area contributed by atoms with Gasteiger partial charge in [-0.1, -0.05) is 36.4 Å². The molecule has 166 valence electrons. The number of hydrogen-bond donors (Lipinski definition) is 2. The van der Waals surface area contributed by atoms with E-state index in [0.717, 1.165) is 38.8 Å². The van der Waals surface area contributed by atoms with Gasteiger partial charge in [-0.3, -0.25) is 4.79 Å². The molecule has 3 atom stereocenters. The summed E-state index contributed by atoms with van der Waals surface area (Å²) in [5.41, 5.74) is 1.36. The van der Waals surface area contributed by atoms with Crippen LogP contribution in [0.2, 0.25) is 0 Å². The minimum Gasteiger partial charge on any atom is -0.389 e. The van der Waals surface area contributed by atoms with Crippen molar-refractivity contribution in [1.82, 2.24) is 10.2 Å². The molecule has 3 aliphatic carbocycles. The average Bonchev–Trinajstić information content (AvgIpc) is 2.76. The lowest BCUT2D eigenvalue weighted by atomic mass is 9.61. The van der Waals surface area contributed by atoms with Gasteiger partial charge in [0.1, 0.15) is 5.60 Å². The molecular formula is C25H38N2O3. The summed E-state index contributed by atoms with van der Waals surface area (Å²) >= 11 is 0. The highest BCUT2D eigenvalue weighted by molar-refractivity contribution is 5.84.